The summed E-state index contributed by atoms with van der Waals surface area (Å²) >= 11 is 0. The highest BCUT2D eigenvalue weighted by atomic mass is 16.5. The molecule has 0 radical (unpaired) electrons. The van der Waals surface area contributed by atoms with Crippen molar-refractivity contribution in [1.82, 2.24) is 15.5 Å². The van der Waals surface area contributed by atoms with E-state index >= 15 is 0 Å². The van der Waals surface area contributed by atoms with Gasteiger partial charge in [0.15, 0.2) is 0 Å². The van der Waals surface area contributed by atoms with Gasteiger partial charge in [-0.2, -0.15) is 0 Å². The number of amides is 2. The molecule has 7 heteroatoms. The van der Waals surface area contributed by atoms with Crippen LogP contribution in [0, 0.1) is 6.92 Å². The number of nitrogens with one attached hydrogen (secondary N) is 2. The molecule has 1 aromatic heterocycles. The van der Waals surface area contributed by atoms with Crippen LogP contribution in [0.5, 0.6) is 11.6 Å². The lowest BCUT2D eigenvalue weighted by Crippen LogP contribution is -2.32. The van der Waals surface area contributed by atoms with Gasteiger partial charge in [-0.15, -0.1) is 10.2 Å². The van der Waals surface area contributed by atoms with Crippen LogP contribution in [0.2, 0.25) is 0 Å². The Hall–Kier alpha value is -3.61. The van der Waals surface area contributed by atoms with Crippen molar-refractivity contribution in [3.05, 3.63) is 66.2 Å². The fourth-order valence-corrected chi connectivity index (χ4v) is 2.57. The van der Waals surface area contributed by atoms with Gasteiger partial charge in [-0.05, 0) is 56.3 Å². The first-order valence-corrected chi connectivity index (χ1v) is 9.45. The standard InChI is InChI=1S/C22H24N4O3/c1-3-28-19-10-6-17(7-11-19)20-12-13-21(26-25-20)29-15-14-23-22(27)24-18-8-4-16(2)5-9-18/h4-13H,3,14-15H2,1-2H3,(H2,23,24,27). The molecule has 2 amide bonds. The summed E-state index contributed by atoms with van der Waals surface area (Å²) in [6, 6.07) is 18.6. The minimum Gasteiger partial charge on any atom is -0.494 e. The number of benzene rings is 2. The van der Waals surface area contributed by atoms with Crippen molar-refractivity contribution in [2.24, 2.45) is 0 Å². The summed E-state index contributed by atoms with van der Waals surface area (Å²) in [5.74, 6) is 1.23. The number of aromatic nitrogens is 2. The first-order valence-electron chi connectivity index (χ1n) is 9.45. The molecule has 3 aromatic rings. The molecular weight excluding hydrogens is 368 g/mol. The topological polar surface area (TPSA) is 85.4 Å². The van der Waals surface area contributed by atoms with Crippen LogP contribution >= 0.6 is 0 Å². The normalized spacial score (nSPS) is 10.3. The number of hydrogen-bond acceptors (Lipinski definition) is 5. The molecular formula is C22H24N4O3. The van der Waals surface area contributed by atoms with E-state index in [1.165, 1.54) is 0 Å². The summed E-state index contributed by atoms with van der Waals surface area (Å²) in [5, 5.41) is 13.8. The lowest BCUT2D eigenvalue weighted by atomic mass is 10.1. The van der Waals surface area contributed by atoms with Crippen molar-refractivity contribution < 1.29 is 14.3 Å². The first kappa shape index (κ1) is 20.1. The Morgan fingerprint density at radius 3 is 2.34 bits per heavy atom. The maximum Gasteiger partial charge on any atom is 0.319 e. The van der Waals surface area contributed by atoms with E-state index in [2.05, 4.69) is 20.8 Å². The predicted molar refractivity (Wildman–Crippen MR) is 112 cm³/mol. The highest BCUT2D eigenvalue weighted by molar-refractivity contribution is 5.89. The van der Waals surface area contributed by atoms with Crippen LogP contribution in [0.15, 0.2) is 60.7 Å². The second-order valence-corrected chi connectivity index (χ2v) is 6.31. The molecule has 0 atom stereocenters. The average molecular weight is 392 g/mol. The number of carbonyl (C=O) groups is 1. The van der Waals surface area contributed by atoms with Gasteiger partial charge >= 0.3 is 6.03 Å². The van der Waals surface area contributed by atoms with Crippen molar-refractivity contribution >= 4 is 11.7 Å². The van der Waals surface area contributed by atoms with Gasteiger partial charge in [-0.1, -0.05) is 17.7 Å². The molecule has 0 aliphatic heterocycles. The Bertz CT molecular complexity index is 910. The second-order valence-electron chi connectivity index (χ2n) is 6.31. The van der Waals surface area contributed by atoms with Gasteiger partial charge in [0.1, 0.15) is 12.4 Å². The zero-order valence-electron chi connectivity index (χ0n) is 16.5. The molecule has 3 rings (SSSR count). The van der Waals surface area contributed by atoms with Crippen molar-refractivity contribution in [3.8, 4) is 22.9 Å². The molecule has 0 aliphatic carbocycles. The number of aryl methyl sites for hydroxylation is 1. The molecule has 1 heterocycles. The molecule has 0 fully saturated rings. The van der Waals surface area contributed by atoms with Crippen LogP contribution in [0.25, 0.3) is 11.3 Å². The Kier molecular flexibility index (Phi) is 7.00. The van der Waals surface area contributed by atoms with Gasteiger partial charge in [-0.25, -0.2) is 4.79 Å². The van der Waals surface area contributed by atoms with Crippen molar-refractivity contribution in [1.29, 1.82) is 0 Å². The summed E-state index contributed by atoms with van der Waals surface area (Å²) in [6.07, 6.45) is 0. The molecule has 0 aliphatic rings. The molecule has 2 N–H and O–H groups in total. The van der Waals surface area contributed by atoms with Gasteiger partial charge in [0.2, 0.25) is 5.88 Å². The van der Waals surface area contributed by atoms with Gasteiger partial charge in [0.05, 0.1) is 18.8 Å². The zero-order valence-corrected chi connectivity index (χ0v) is 16.5. The van der Waals surface area contributed by atoms with Crippen molar-refractivity contribution in [2.45, 2.75) is 13.8 Å². The summed E-state index contributed by atoms with van der Waals surface area (Å²) in [6.45, 7) is 5.21. The molecule has 29 heavy (non-hydrogen) atoms. The Morgan fingerprint density at radius 1 is 0.931 bits per heavy atom. The highest BCUT2D eigenvalue weighted by Crippen LogP contribution is 2.21. The summed E-state index contributed by atoms with van der Waals surface area (Å²) < 4.78 is 11.0. The van der Waals surface area contributed by atoms with Gasteiger partial charge in [0, 0.05) is 17.3 Å². The quantitative estimate of drug-likeness (QED) is 0.565. The lowest BCUT2D eigenvalue weighted by Gasteiger charge is -2.09. The third kappa shape index (κ3) is 6.21. The van der Waals surface area contributed by atoms with Crippen molar-refractivity contribution in [3.63, 3.8) is 0 Å². The number of ether oxygens (including phenoxy) is 2. The third-order valence-corrected chi connectivity index (χ3v) is 4.05. The predicted octanol–water partition coefficient (Wildman–Crippen LogP) is 4.05. The fourth-order valence-electron chi connectivity index (χ4n) is 2.57. The molecule has 7 nitrogen and oxygen atoms in total. The van der Waals surface area contributed by atoms with E-state index in [9.17, 15) is 4.79 Å². The van der Waals surface area contributed by atoms with Crippen molar-refractivity contribution in [2.75, 3.05) is 25.1 Å². The monoisotopic (exact) mass is 392 g/mol. The smallest absolute Gasteiger partial charge is 0.319 e. The van der Waals surface area contributed by atoms with E-state index in [4.69, 9.17) is 9.47 Å². The summed E-state index contributed by atoms with van der Waals surface area (Å²) in [4.78, 5) is 11.9. The number of nitrogens with zero attached hydrogens (tertiary/aromatic N) is 2. The van der Waals surface area contributed by atoms with Gasteiger partial charge in [-0.3, -0.25) is 0 Å². The number of rotatable bonds is 8. The van der Waals surface area contributed by atoms with Crippen LogP contribution < -0.4 is 20.1 Å². The number of carbonyl (C=O) groups excluding carboxylic acids is 1. The number of anilines is 1. The van der Waals surface area contributed by atoms with E-state index in [-0.39, 0.29) is 6.03 Å². The maximum absolute atomic E-state index is 11.9. The second kappa shape index (κ2) is 10.1. The van der Waals surface area contributed by atoms with E-state index in [1.54, 1.807) is 6.07 Å². The lowest BCUT2D eigenvalue weighted by molar-refractivity contribution is 0.246. The number of hydrogen-bond donors (Lipinski definition) is 2. The molecule has 0 saturated heterocycles. The van der Waals surface area contributed by atoms with Gasteiger partial charge in [0.25, 0.3) is 0 Å². The van der Waals surface area contributed by atoms with E-state index in [0.717, 1.165) is 28.3 Å². The highest BCUT2D eigenvalue weighted by Gasteiger charge is 2.04. The minimum atomic E-state index is -0.283. The van der Waals surface area contributed by atoms with Crippen LogP contribution in [0.1, 0.15) is 12.5 Å². The molecule has 150 valence electrons. The SMILES string of the molecule is CCOc1ccc(-c2ccc(OCCNC(=O)Nc3ccc(C)cc3)nn2)cc1. The van der Waals surface area contributed by atoms with Gasteiger partial charge < -0.3 is 20.1 Å². The summed E-state index contributed by atoms with van der Waals surface area (Å²) in [5.41, 5.74) is 3.57. The van der Waals surface area contributed by atoms with E-state index in [0.29, 0.717) is 25.6 Å². The van der Waals surface area contributed by atoms with Crippen LogP contribution in [-0.4, -0.2) is 36.0 Å². The Labute approximate surface area is 170 Å². The Morgan fingerprint density at radius 2 is 1.69 bits per heavy atom. The molecule has 0 spiro atoms. The molecule has 2 aromatic carbocycles. The van der Waals surface area contributed by atoms with Crippen LogP contribution in [0.3, 0.4) is 0 Å². The number of urea groups is 1. The molecule has 0 saturated carbocycles. The third-order valence-electron chi connectivity index (χ3n) is 4.05. The molecule has 0 unspecified atom stereocenters. The van der Waals surface area contributed by atoms with Crippen LogP contribution in [-0.2, 0) is 0 Å². The largest absolute Gasteiger partial charge is 0.494 e. The van der Waals surface area contributed by atoms with E-state index < -0.39 is 0 Å². The first-order chi connectivity index (χ1) is 14.1. The Balaban J connectivity index is 1.42. The van der Waals surface area contributed by atoms with Crippen LogP contribution in [0.4, 0.5) is 10.5 Å². The summed E-state index contributed by atoms with van der Waals surface area (Å²) in [7, 11) is 0. The minimum absolute atomic E-state index is 0.283. The fraction of sp³-hybridized carbons (Fsp3) is 0.227. The van der Waals surface area contributed by atoms with E-state index in [1.807, 2.05) is 68.4 Å². The zero-order chi connectivity index (χ0) is 20.5. The molecule has 0 bridgehead atoms. The maximum atomic E-state index is 11.9. The average Bonchev–Trinajstić information content (AvgIpc) is 2.74.